The number of carbonyl (C=O) groups is 1. The standard InChI is InChI=1S/C34H37N5O2/c1-21-18-38(3)19-22(2)39(21)20-24-7-5-23(6-8-24)9-13-30-27-12-10-25(15-32(27)37-36-30)29-17-34(29)28-16-26(41-4)11-14-31(28)35-33(34)40/h5-16,21-22,29H,17-20H2,1-4H3,(H,35,40)(H,36,37)/t21-,22+,29-,34-/m0/s1. The number of aromatic amines is 1. The number of nitrogens with zero attached hydrogens (tertiary/aromatic N) is 3. The molecule has 41 heavy (non-hydrogen) atoms. The van der Waals surface area contributed by atoms with Crippen LogP contribution in [0.4, 0.5) is 5.69 Å². The highest BCUT2D eigenvalue weighted by molar-refractivity contribution is 6.10. The lowest BCUT2D eigenvalue weighted by Crippen LogP contribution is -2.54. The van der Waals surface area contributed by atoms with E-state index in [1.165, 1.54) is 5.56 Å². The number of fused-ring (bicyclic) bond motifs is 3. The van der Waals surface area contributed by atoms with Crippen molar-refractivity contribution < 1.29 is 9.53 Å². The molecule has 4 atom stereocenters. The molecule has 1 saturated heterocycles. The molecule has 4 aromatic rings. The highest BCUT2D eigenvalue weighted by Gasteiger charge is 2.65. The van der Waals surface area contributed by atoms with E-state index in [0.717, 1.165) is 70.8 Å². The van der Waals surface area contributed by atoms with Gasteiger partial charge in [-0.2, -0.15) is 5.10 Å². The van der Waals surface area contributed by atoms with E-state index in [1.807, 2.05) is 18.2 Å². The van der Waals surface area contributed by atoms with E-state index in [4.69, 9.17) is 4.74 Å². The lowest BCUT2D eigenvalue weighted by molar-refractivity contribution is -0.118. The van der Waals surface area contributed by atoms with E-state index in [9.17, 15) is 4.79 Å². The van der Waals surface area contributed by atoms with Crippen molar-refractivity contribution in [1.29, 1.82) is 0 Å². The van der Waals surface area contributed by atoms with Crippen molar-refractivity contribution in [3.05, 3.63) is 88.6 Å². The smallest absolute Gasteiger partial charge is 0.235 e. The van der Waals surface area contributed by atoms with Gasteiger partial charge in [-0.25, -0.2) is 0 Å². The lowest BCUT2D eigenvalue weighted by atomic mass is 9.91. The molecule has 3 heterocycles. The lowest BCUT2D eigenvalue weighted by Gasteiger charge is -2.43. The second-order valence-corrected chi connectivity index (χ2v) is 12.2. The Morgan fingerprint density at radius 1 is 1.02 bits per heavy atom. The maximum atomic E-state index is 13.1. The van der Waals surface area contributed by atoms with Crippen LogP contribution in [0.2, 0.25) is 0 Å². The molecular weight excluding hydrogens is 510 g/mol. The Morgan fingerprint density at radius 3 is 2.56 bits per heavy atom. The molecule has 1 saturated carbocycles. The summed E-state index contributed by atoms with van der Waals surface area (Å²) in [5.41, 5.74) is 6.98. The first-order chi connectivity index (χ1) is 19.9. The van der Waals surface area contributed by atoms with E-state index < -0.39 is 5.41 Å². The molecule has 0 bridgehead atoms. The fraction of sp³-hybridized carbons (Fsp3) is 0.353. The molecule has 1 spiro atoms. The zero-order valence-corrected chi connectivity index (χ0v) is 24.1. The average molecular weight is 548 g/mol. The Bertz CT molecular complexity index is 1650. The highest BCUT2D eigenvalue weighted by atomic mass is 16.5. The summed E-state index contributed by atoms with van der Waals surface area (Å²) < 4.78 is 5.44. The summed E-state index contributed by atoms with van der Waals surface area (Å²) in [7, 11) is 3.87. The van der Waals surface area contributed by atoms with Crippen molar-refractivity contribution in [1.82, 2.24) is 20.0 Å². The molecule has 3 aliphatic rings. The topological polar surface area (TPSA) is 73.5 Å². The molecule has 3 aromatic carbocycles. The number of amides is 1. The summed E-state index contributed by atoms with van der Waals surface area (Å²) in [5.74, 6) is 0.995. The number of nitrogens with one attached hydrogen (secondary N) is 2. The Balaban J connectivity index is 1.06. The summed E-state index contributed by atoms with van der Waals surface area (Å²) in [5, 5.41) is 12.0. The number of hydrogen-bond acceptors (Lipinski definition) is 5. The first kappa shape index (κ1) is 26.0. The number of H-pyrrole nitrogens is 1. The Labute approximate surface area is 241 Å². The summed E-state index contributed by atoms with van der Waals surface area (Å²) in [4.78, 5) is 18.1. The van der Waals surface area contributed by atoms with Gasteiger partial charge in [-0.1, -0.05) is 42.5 Å². The van der Waals surface area contributed by atoms with Gasteiger partial charge in [0.25, 0.3) is 0 Å². The molecule has 1 aliphatic carbocycles. The second kappa shape index (κ2) is 9.86. The number of likely N-dealkylation sites (N-methyl/N-ethyl adjacent to an activating group) is 1. The number of aromatic nitrogens is 2. The summed E-state index contributed by atoms with van der Waals surface area (Å²) in [6.07, 6.45) is 5.00. The van der Waals surface area contributed by atoms with Gasteiger partial charge >= 0.3 is 0 Å². The van der Waals surface area contributed by atoms with E-state index >= 15 is 0 Å². The normalized spacial score (nSPS) is 26.1. The summed E-state index contributed by atoms with van der Waals surface area (Å²) in [6.45, 7) is 7.86. The predicted molar refractivity (Wildman–Crippen MR) is 164 cm³/mol. The van der Waals surface area contributed by atoms with Gasteiger partial charge in [-0.05, 0) is 79.9 Å². The van der Waals surface area contributed by atoms with Gasteiger partial charge in [0, 0.05) is 48.7 Å². The van der Waals surface area contributed by atoms with Gasteiger partial charge in [0.05, 0.1) is 23.7 Å². The minimum absolute atomic E-state index is 0.0812. The molecule has 7 rings (SSSR count). The fourth-order valence-corrected chi connectivity index (χ4v) is 7.15. The Hall–Kier alpha value is -3.94. The number of carbonyl (C=O) groups excluding carboxylic acids is 1. The van der Waals surface area contributed by atoms with Crippen LogP contribution in [-0.4, -0.2) is 65.2 Å². The number of ether oxygens (including phenoxy) is 1. The monoisotopic (exact) mass is 547 g/mol. The van der Waals surface area contributed by atoms with Crippen LogP contribution in [0, 0.1) is 0 Å². The third-order valence-electron chi connectivity index (χ3n) is 9.40. The number of anilines is 1. The number of benzene rings is 3. The van der Waals surface area contributed by atoms with Crippen molar-refractivity contribution >= 4 is 34.6 Å². The van der Waals surface area contributed by atoms with Crippen LogP contribution in [0.3, 0.4) is 0 Å². The quantitative estimate of drug-likeness (QED) is 0.327. The van der Waals surface area contributed by atoms with Gasteiger partial charge in [-0.15, -0.1) is 0 Å². The molecular formula is C34H37N5O2. The third kappa shape index (κ3) is 4.44. The molecule has 1 aromatic heterocycles. The molecule has 2 aliphatic heterocycles. The summed E-state index contributed by atoms with van der Waals surface area (Å²) >= 11 is 0. The Kier molecular flexibility index (Phi) is 6.25. The van der Waals surface area contributed by atoms with Crippen molar-refractivity contribution in [2.24, 2.45) is 0 Å². The maximum Gasteiger partial charge on any atom is 0.235 e. The van der Waals surface area contributed by atoms with Gasteiger partial charge in [-0.3, -0.25) is 14.8 Å². The number of piperazine rings is 1. The van der Waals surface area contributed by atoms with Crippen molar-refractivity contribution in [3.8, 4) is 5.75 Å². The SMILES string of the molecule is COc1ccc2c(c1)[C@]1(C[C@H]1c1ccc3c(C=Cc4ccc(CN5[C@H](C)CN(C)C[C@@H]5C)cc4)n[nH]c3c1)C(=O)N2. The van der Waals surface area contributed by atoms with Gasteiger partial charge in [0.2, 0.25) is 5.91 Å². The van der Waals surface area contributed by atoms with Crippen LogP contribution in [0.1, 0.15) is 54.1 Å². The van der Waals surface area contributed by atoms with Crippen LogP contribution in [-0.2, 0) is 16.8 Å². The first-order valence-electron chi connectivity index (χ1n) is 14.5. The zero-order valence-electron chi connectivity index (χ0n) is 24.1. The third-order valence-corrected chi connectivity index (χ3v) is 9.40. The van der Waals surface area contributed by atoms with Gasteiger partial charge in [0.15, 0.2) is 0 Å². The van der Waals surface area contributed by atoms with Crippen molar-refractivity contribution in [2.45, 2.75) is 50.2 Å². The van der Waals surface area contributed by atoms with E-state index in [0.29, 0.717) is 12.1 Å². The molecule has 1 amide bonds. The predicted octanol–water partition coefficient (Wildman–Crippen LogP) is 5.64. The molecule has 2 fully saturated rings. The van der Waals surface area contributed by atoms with Crippen LogP contribution >= 0.6 is 0 Å². The van der Waals surface area contributed by atoms with Crippen molar-refractivity contribution in [2.75, 3.05) is 32.6 Å². The first-order valence-corrected chi connectivity index (χ1v) is 14.5. The Morgan fingerprint density at radius 2 is 1.80 bits per heavy atom. The van der Waals surface area contributed by atoms with Crippen LogP contribution < -0.4 is 10.1 Å². The molecule has 0 unspecified atom stereocenters. The van der Waals surface area contributed by atoms with E-state index in [-0.39, 0.29) is 11.8 Å². The highest BCUT2D eigenvalue weighted by Crippen LogP contribution is 2.65. The fourth-order valence-electron chi connectivity index (χ4n) is 7.15. The molecule has 0 radical (unpaired) electrons. The van der Waals surface area contributed by atoms with Gasteiger partial charge in [0.1, 0.15) is 5.75 Å². The minimum atomic E-state index is -0.507. The van der Waals surface area contributed by atoms with Crippen molar-refractivity contribution in [3.63, 3.8) is 0 Å². The molecule has 7 nitrogen and oxygen atoms in total. The average Bonchev–Trinajstić information content (AvgIpc) is 3.51. The van der Waals surface area contributed by atoms with Crippen LogP contribution in [0.25, 0.3) is 23.1 Å². The minimum Gasteiger partial charge on any atom is -0.497 e. The van der Waals surface area contributed by atoms with E-state index in [2.05, 4.69) is 101 Å². The number of methoxy groups -OCH3 is 1. The largest absolute Gasteiger partial charge is 0.497 e. The summed E-state index contributed by atoms with van der Waals surface area (Å²) in [6, 6.07) is 22.2. The number of rotatable bonds is 6. The molecule has 2 N–H and O–H groups in total. The van der Waals surface area contributed by atoms with E-state index in [1.54, 1.807) is 7.11 Å². The van der Waals surface area contributed by atoms with Gasteiger partial charge < -0.3 is 15.0 Å². The maximum absolute atomic E-state index is 13.1. The zero-order chi connectivity index (χ0) is 28.3. The second-order valence-electron chi connectivity index (χ2n) is 12.2. The molecule has 7 heteroatoms. The number of hydrogen-bond donors (Lipinski definition) is 2. The molecule has 210 valence electrons. The van der Waals surface area contributed by atoms with Crippen LogP contribution in [0.5, 0.6) is 5.75 Å². The van der Waals surface area contributed by atoms with Crippen LogP contribution in [0.15, 0.2) is 60.7 Å².